The third kappa shape index (κ3) is 1.96. The predicted octanol–water partition coefficient (Wildman–Crippen LogP) is 0.593. The van der Waals surface area contributed by atoms with E-state index in [9.17, 15) is 0 Å². The van der Waals surface area contributed by atoms with Crippen molar-refractivity contribution in [2.45, 2.75) is 0 Å². The Balaban J connectivity index is 2.03. The minimum absolute atomic E-state index is 0.691. The van der Waals surface area contributed by atoms with E-state index in [-0.39, 0.29) is 0 Å². The zero-order chi connectivity index (χ0) is 9.10. The van der Waals surface area contributed by atoms with Crippen LogP contribution in [0.15, 0.2) is 24.4 Å². The molecule has 0 aliphatic carbocycles. The number of aromatic nitrogens is 1. The van der Waals surface area contributed by atoms with Crippen LogP contribution in [-0.2, 0) is 0 Å². The Bertz CT molecular complexity index is 257. The van der Waals surface area contributed by atoms with Gasteiger partial charge in [0.25, 0.3) is 0 Å². The zero-order valence-corrected chi connectivity index (χ0v) is 7.43. The molecule has 2 rings (SSSR count). The molecule has 13 heavy (non-hydrogen) atoms. The van der Waals surface area contributed by atoms with Crippen molar-refractivity contribution in [3.8, 4) is 0 Å². The summed E-state index contributed by atoms with van der Waals surface area (Å²) in [7, 11) is 0. The van der Waals surface area contributed by atoms with E-state index in [0.29, 0.717) is 13.1 Å². The molecule has 0 bridgehead atoms. The van der Waals surface area contributed by atoms with Crippen LogP contribution in [0.5, 0.6) is 0 Å². The lowest BCUT2D eigenvalue weighted by atomic mass is 10.3. The summed E-state index contributed by atoms with van der Waals surface area (Å²) in [4.78, 5) is 6.43. The van der Waals surface area contributed by atoms with Crippen molar-refractivity contribution in [2.24, 2.45) is 0 Å². The van der Waals surface area contributed by atoms with E-state index in [1.807, 2.05) is 18.2 Å². The van der Waals surface area contributed by atoms with Gasteiger partial charge in [-0.05, 0) is 12.1 Å². The van der Waals surface area contributed by atoms with E-state index in [0.717, 1.165) is 18.9 Å². The number of hydrogen-bond donors (Lipinski definition) is 1. The van der Waals surface area contributed by atoms with Crippen molar-refractivity contribution >= 4 is 5.82 Å². The van der Waals surface area contributed by atoms with Gasteiger partial charge in [-0.1, -0.05) is 6.07 Å². The molecule has 2 heterocycles. The Labute approximate surface area is 77.4 Å². The first kappa shape index (κ1) is 8.47. The SMILES string of the molecule is ON1CCN(c2ccccn2)CC1. The topological polar surface area (TPSA) is 39.6 Å². The molecule has 1 aliphatic rings. The van der Waals surface area contributed by atoms with Gasteiger partial charge in [-0.25, -0.2) is 4.98 Å². The van der Waals surface area contributed by atoms with Crippen LogP contribution < -0.4 is 4.90 Å². The van der Waals surface area contributed by atoms with E-state index in [2.05, 4.69) is 9.88 Å². The molecule has 1 fully saturated rings. The molecule has 0 aromatic carbocycles. The third-order valence-corrected chi connectivity index (χ3v) is 2.23. The zero-order valence-electron chi connectivity index (χ0n) is 7.43. The van der Waals surface area contributed by atoms with Crippen LogP contribution in [0.25, 0.3) is 0 Å². The van der Waals surface area contributed by atoms with Crippen LogP contribution in [0.2, 0.25) is 0 Å². The van der Waals surface area contributed by atoms with Gasteiger partial charge in [0, 0.05) is 32.4 Å². The molecule has 70 valence electrons. The second-order valence-electron chi connectivity index (χ2n) is 3.13. The molecular weight excluding hydrogens is 166 g/mol. The van der Waals surface area contributed by atoms with Gasteiger partial charge in [0.05, 0.1) is 0 Å². The Morgan fingerprint density at radius 1 is 1.15 bits per heavy atom. The van der Waals surface area contributed by atoms with Crippen LogP contribution in [-0.4, -0.2) is 41.4 Å². The summed E-state index contributed by atoms with van der Waals surface area (Å²) >= 11 is 0. The lowest BCUT2D eigenvalue weighted by molar-refractivity contribution is -0.0936. The van der Waals surface area contributed by atoms with Crippen LogP contribution in [0.1, 0.15) is 0 Å². The number of piperazine rings is 1. The van der Waals surface area contributed by atoms with E-state index in [1.165, 1.54) is 5.06 Å². The summed E-state index contributed by atoms with van der Waals surface area (Å²) in [5.41, 5.74) is 0. The highest BCUT2D eigenvalue weighted by atomic mass is 16.5. The number of hydroxylamine groups is 2. The molecule has 0 atom stereocenters. The quantitative estimate of drug-likeness (QED) is 0.685. The molecule has 1 aromatic heterocycles. The molecule has 0 unspecified atom stereocenters. The van der Waals surface area contributed by atoms with E-state index >= 15 is 0 Å². The molecule has 0 amide bonds. The number of nitrogens with zero attached hydrogens (tertiary/aromatic N) is 3. The lowest BCUT2D eigenvalue weighted by Crippen LogP contribution is -2.45. The second-order valence-corrected chi connectivity index (χ2v) is 3.13. The summed E-state index contributed by atoms with van der Waals surface area (Å²) in [6, 6.07) is 5.88. The Kier molecular flexibility index (Phi) is 2.42. The van der Waals surface area contributed by atoms with Crippen molar-refractivity contribution in [3.05, 3.63) is 24.4 Å². The fourth-order valence-corrected chi connectivity index (χ4v) is 1.47. The fourth-order valence-electron chi connectivity index (χ4n) is 1.47. The van der Waals surface area contributed by atoms with Crippen LogP contribution >= 0.6 is 0 Å². The van der Waals surface area contributed by atoms with Gasteiger partial charge in [-0.2, -0.15) is 5.06 Å². The molecule has 0 spiro atoms. The smallest absolute Gasteiger partial charge is 0.128 e. The molecule has 4 heteroatoms. The van der Waals surface area contributed by atoms with Crippen molar-refractivity contribution in [3.63, 3.8) is 0 Å². The molecule has 1 aliphatic heterocycles. The first-order valence-corrected chi connectivity index (χ1v) is 4.46. The first-order valence-electron chi connectivity index (χ1n) is 4.46. The highest BCUT2D eigenvalue weighted by molar-refractivity contribution is 5.37. The summed E-state index contributed by atoms with van der Waals surface area (Å²) in [5, 5.41) is 10.5. The number of anilines is 1. The third-order valence-electron chi connectivity index (χ3n) is 2.23. The van der Waals surface area contributed by atoms with Crippen LogP contribution in [0.3, 0.4) is 0 Å². The number of hydrogen-bond acceptors (Lipinski definition) is 4. The molecule has 0 saturated carbocycles. The van der Waals surface area contributed by atoms with Gasteiger partial charge in [-0.3, -0.25) is 0 Å². The predicted molar refractivity (Wildman–Crippen MR) is 49.8 cm³/mol. The van der Waals surface area contributed by atoms with Gasteiger partial charge >= 0.3 is 0 Å². The van der Waals surface area contributed by atoms with Crippen LogP contribution in [0, 0.1) is 0 Å². The summed E-state index contributed by atoms with van der Waals surface area (Å²) in [5.74, 6) is 0.996. The van der Waals surface area contributed by atoms with Gasteiger partial charge < -0.3 is 10.1 Å². The number of pyridine rings is 1. The lowest BCUT2D eigenvalue weighted by Gasteiger charge is -2.31. The summed E-state index contributed by atoms with van der Waals surface area (Å²) < 4.78 is 0. The van der Waals surface area contributed by atoms with E-state index in [1.54, 1.807) is 6.20 Å². The first-order chi connectivity index (χ1) is 6.36. The monoisotopic (exact) mass is 179 g/mol. The van der Waals surface area contributed by atoms with Gasteiger partial charge in [0.1, 0.15) is 5.82 Å². The average molecular weight is 179 g/mol. The minimum Gasteiger partial charge on any atom is -0.354 e. The molecule has 0 radical (unpaired) electrons. The van der Waals surface area contributed by atoms with E-state index in [4.69, 9.17) is 5.21 Å². The number of rotatable bonds is 1. The highest BCUT2D eigenvalue weighted by Gasteiger charge is 2.15. The Hall–Kier alpha value is -1.13. The summed E-state index contributed by atoms with van der Waals surface area (Å²) in [6.45, 7) is 3.06. The van der Waals surface area contributed by atoms with Crippen molar-refractivity contribution in [1.29, 1.82) is 0 Å². The highest BCUT2D eigenvalue weighted by Crippen LogP contribution is 2.10. The average Bonchev–Trinajstić information content (AvgIpc) is 2.20. The molecule has 1 N–H and O–H groups in total. The van der Waals surface area contributed by atoms with Crippen molar-refractivity contribution in [1.82, 2.24) is 10.0 Å². The van der Waals surface area contributed by atoms with Crippen molar-refractivity contribution < 1.29 is 5.21 Å². The van der Waals surface area contributed by atoms with Crippen molar-refractivity contribution in [2.75, 3.05) is 31.1 Å². The standard InChI is InChI=1S/C9H13N3O/c13-12-7-5-11(6-8-12)9-3-1-2-4-10-9/h1-4,13H,5-8H2. The maximum Gasteiger partial charge on any atom is 0.128 e. The van der Waals surface area contributed by atoms with E-state index < -0.39 is 0 Å². The van der Waals surface area contributed by atoms with Gasteiger partial charge in [0.2, 0.25) is 0 Å². The molecule has 4 nitrogen and oxygen atoms in total. The fraction of sp³-hybridized carbons (Fsp3) is 0.444. The van der Waals surface area contributed by atoms with Gasteiger partial charge in [0.15, 0.2) is 0 Å². The maximum absolute atomic E-state index is 9.16. The minimum atomic E-state index is 0.691. The maximum atomic E-state index is 9.16. The Morgan fingerprint density at radius 2 is 1.92 bits per heavy atom. The Morgan fingerprint density at radius 3 is 2.54 bits per heavy atom. The molecular formula is C9H13N3O. The van der Waals surface area contributed by atoms with Crippen LogP contribution in [0.4, 0.5) is 5.82 Å². The molecule has 1 saturated heterocycles. The summed E-state index contributed by atoms with van der Waals surface area (Å²) in [6.07, 6.45) is 1.79. The largest absolute Gasteiger partial charge is 0.354 e. The second kappa shape index (κ2) is 3.72. The van der Waals surface area contributed by atoms with Gasteiger partial charge in [-0.15, -0.1) is 0 Å². The molecule has 1 aromatic rings. The normalized spacial score (nSPS) is 19.0.